The molecule has 4 aromatic rings. The zero-order valence-electron chi connectivity index (χ0n) is 10.9. The van der Waals surface area contributed by atoms with Crippen molar-refractivity contribution in [2.24, 2.45) is 0 Å². The second-order valence-corrected chi connectivity index (χ2v) is 4.63. The van der Waals surface area contributed by atoms with Crippen LogP contribution in [0.5, 0.6) is 11.6 Å². The highest BCUT2D eigenvalue weighted by molar-refractivity contribution is 6.08. The molecule has 0 atom stereocenters. The molecule has 4 nitrogen and oxygen atoms in total. The molecule has 102 valence electrons. The molecule has 2 aromatic heterocycles. The van der Waals surface area contributed by atoms with Crippen LogP contribution in [0.25, 0.3) is 21.9 Å². The summed E-state index contributed by atoms with van der Waals surface area (Å²) in [6.45, 7) is 0. The van der Waals surface area contributed by atoms with Gasteiger partial charge >= 0.3 is 0 Å². The largest absolute Gasteiger partial charge is 0.438 e. The second kappa shape index (κ2) is 4.56. The maximum atomic E-state index is 13.3. The second-order valence-electron chi connectivity index (χ2n) is 4.63. The number of ether oxygens (including phenoxy) is 1. The first-order valence-electron chi connectivity index (χ1n) is 6.46. The third kappa shape index (κ3) is 1.99. The van der Waals surface area contributed by atoms with E-state index in [0.717, 1.165) is 10.8 Å². The molecule has 0 amide bonds. The summed E-state index contributed by atoms with van der Waals surface area (Å²) in [5.74, 6) is 0.838. The fraction of sp³-hybridized carbons (Fsp3) is 0. The van der Waals surface area contributed by atoms with Gasteiger partial charge in [-0.15, -0.1) is 0 Å². The Morgan fingerprint density at radius 3 is 2.71 bits per heavy atom. The lowest BCUT2D eigenvalue weighted by molar-refractivity contribution is 0.468. The number of halogens is 1. The predicted molar refractivity (Wildman–Crippen MR) is 77.9 cm³/mol. The molecular weight excluding hydrogens is 269 g/mol. The molecule has 4 rings (SSSR count). The van der Waals surface area contributed by atoms with Gasteiger partial charge in [0, 0.05) is 5.39 Å². The Kier molecular flexibility index (Phi) is 2.57. The van der Waals surface area contributed by atoms with Crippen LogP contribution in [0.2, 0.25) is 0 Å². The van der Waals surface area contributed by atoms with Crippen LogP contribution in [-0.4, -0.2) is 15.0 Å². The van der Waals surface area contributed by atoms with E-state index >= 15 is 0 Å². The van der Waals surface area contributed by atoms with Crippen LogP contribution >= 0.6 is 0 Å². The molecule has 0 aliphatic carbocycles. The van der Waals surface area contributed by atoms with Crippen molar-refractivity contribution in [3.05, 3.63) is 60.7 Å². The molecule has 2 aromatic carbocycles. The van der Waals surface area contributed by atoms with Gasteiger partial charge < -0.3 is 9.72 Å². The van der Waals surface area contributed by atoms with Gasteiger partial charge in [0.15, 0.2) is 0 Å². The van der Waals surface area contributed by atoms with E-state index in [1.54, 1.807) is 6.07 Å². The van der Waals surface area contributed by atoms with Crippen molar-refractivity contribution in [2.75, 3.05) is 0 Å². The standard InChI is InChI=1S/C16H10FN3O/c17-10-6-7-12-13(8-10)20-15-14(12)16(19-9-18-15)21-11-4-2-1-3-5-11/h1-9H,(H,18,19,20). The maximum Gasteiger partial charge on any atom is 0.232 e. The number of H-pyrrole nitrogens is 1. The molecule has 0 unspecified atom stereocenters. The molecule has 5 heteroatoms. The zero-order chi connectivity index (χ0) is 14.2. The summed E-state index contributed by atoms with van der Waals surface area (Å²) in [6, 6.07) is 13.9. The molecule has 0 aliphatic rings. The Labute approximate surface area is 119 Å². The van der Waals surface area contributed by atoms with E-state index in [4.69, 9.17) is 4.74 Å². The van der Waals surface area contributed by atoms with Gasteiger partial charge in [0.1, 0.15) is 23.5 Å². The van der Waals surface area contributed by atoms with Crippen molar-refractivity contribution in [1.29, 1.82) is 0 Å². The minimum Gasteiger partial charge on any atom is -0.438 e. The fourth-order valence-corrected chi connectivity index (χ4v) is 2.35. The summed E-state index contributed by atoms with van der Waals surface area (Å²) < 4.78 is 19.1. The summed E-state index contributed by atoms with van der Waals surface area (Å²) in [5, 5.41) is 1.58. The Balaban J connectivity index is 1.94. The van der Waals surface area contributed by atoms with Crippen LogP contribution < -0.4 is 4.74 Å². The fourth-order valence-electron chi connectivity index (χ4n) is 2.35. The molecule has 0 bridgehead atoms. The van der Waals surface area contributed by atoms with E-state index in [0.29, 0.717) is 22.8 Å². The molecule has 2 heterocycles. The number of aromatic nitrogens is 3. The smallest absolute Gasteiger partial charge is 0.232 e. The first-order valence-corrected chi connectivity index (χ1v) is 6.46. The van der Waals surface area contributed by atoms with Crippen LogP contribution in [0.1, 0.15) is 0 Å². The SMILES string of the molecule is Fc1ccc2c(c1)[nH]c1ncnc(Oc3ccccc3)c12. The summed E-state index contributed by atoms with van der Waals surface area (Å²) in [7, 11) is 0. The highest BCUT2D eigenvalue weighted by atomic mass is 19.1. The molecule has 0 aliphatic heterocycles. The summed E-state index contributed by atoms with van der Waals surface area (Å²) >= 11 is 0. The van der Waals surface area contributed by atoms with Gasteiger partial charge in [-0.05, 0) is 30.3 Å². The van der Waals surface area contributed by atoms with Crippen molar-refractivity contribution >= 4 is 21.9 Å². The molecule has 0 fully saturated rings. The molecule has 0 saturated heterocycles. The van der Waals surface area contributed by atoms with Crippen molar-refractivity contribution in [2.45, 2.75) is 0 Å². The van der Waals surface area contributed by atoms with E-state index in [1.165, 1.54) is 18.5 Å². The predicted octanol–water partition coefficient (Wildman–Crippen LogP) is 4.04. The van der Waals surface area contributed by atoms with E-state index < -0.39 is 0 Å². The van der Waals surface area contributed by atoms with E-state index in [9.17, 15) is 4.39 Å². The lowest BCUT2D eigenvalue weighted by atomic mass is 10.2. The van der Waals surface area contributed by atoms with Gasteiger partial charge in [-0.2, -0.15) is 0 Å². The van der Waals surface area contributed by atoms with Crippen LogP contribution in [0.3, 0.4) is 0 Å². The topological polar surface area (TPSA) is 50.8 Å². The van der Waals surface area contributed by atoms with Crippen LogP contribution in [0.15, 0.2) is 54.9 Å². The summed E-state index contributed by atoms with van der Waals surface area (Å²) in [4.78, 5) is 11.5. The first kappa shape index (κ1) is 11.8. The average Bonchev–Trinajstić information content (AvgIpc) is 2.86. The molecule has 21 heavy (non-hydrogen) atoms. The van der Waals surface area contributed by atoms with E-state index in [2.05, 4.69) is 15.0 Å². The summed E-state index contributed by atoms with van der Waals surface area (Å²) in [5.41, 5.74) is 1.29. The van der Waals surface area contributed by atoms with Crippen molar-refractivity contribution in [1.82, 2.24) is 15.0 Å². The van der Waals surface area contributed by atoms with Crippen LogP contribution in [0, 0.1) is 5.82 Å². The Morgan fingerprint density at radius 2 is 1.86 bits per heavy atom. The molecule has 0 radical (unpaired) electrons. The van der Waals surface area contributed by atoms with Gasteiger partial charge in [0.05, 0.1) is 10.9 Å². The lowest BCUT2D eigenvalue weighted by Crippen LogP contribution is -1.89. The highest BCUT2D eigenvalue weighted by Gasteiger charge is 2.13. The third-order valence-corrected chi connectivity index (χ3v) is 3.27. The number of hydrogen-bond donors (Lipinski definition) is 1. The summed E-state index contributed by atoms with van der Waals surface area (Å²) in [6.07, 6.45) is 1.42. The number of nitrogens with zero attached hydrogens (tertiary/aromatic N) is 2. The molecular formula is C16H10FN3O. The van der Waals surface area contributed by atoms with Gasteiger partial charge in [0.25, 0.3) is 0 Å². The van der Waals surface area contributed by atoms with Gasteiger partial charge in [-0.25, -0.2) is 14.4 Å². The number of nitrogens with one attached hydrogen (secondary N) is 1. The number of benzene rings is 2. The number of para-hydroxylation sites is 1. The van der Waals surface area contributed by atoms with Gasteiger partial charge in [0.2, 0.25) is 5.88 Å². The molecule has 1 N–H and O–H groups in total. The van der Waals surface area contributed by atoms with Crippen molar-refractivity contribution in [3.8, 4) is 11.6 Å². The third-order valence-electron chi connectivity index (χ3n) is 3.27. The van der Waals surface area contributed by atoms with Crippen LogP contribution in [-0.2, 0) is 0 Å². The first-order chi connectivity index (χ1) is 10.3. The van der Waals surface area contributed by atoms with Gasteiger partial charge in [-0.3, -0.25) is 0 Å². The number of rotatable bonds is 2. The monoisotopic (exact) mass is 279 g/mol. The van der Waals surface area contributed by atoms with Gasteiger partial charge in [-0.1, -0.05) is 18.2 Å². The normalized spacial score (nSPS) is 11.1. The van der Waals surface area contributed by atoms with Crippen LogP contribution in [0.4, 0.5) is 4.39 Å². The Hall–Kier alpha value is -2.95. The minimum atomic E-state index is -0.299. The van der Waals surface area contributed by atoms with E-state index in [1.807, 2.05) is 30.3 Å². The number of aromatic amines is 1. The number of hydrogen-bond acceptors (Lipinski definition) is 3. The highest BCUT2D eigenvalue weighted by Crippen LogP contribution is 2.32. The minimum absolute atomic E-state index is 0.299. The van der Waals surface area contributed by atoms with Crippen molar-refractivity contribution < 1.29 is 9.13 Å². The Morgan fingerprint density at radius 1 is 1.00 bits per heavy atom. The number of fused-ring (bicyclic) bond motifs is 3. The zero-order valence-corrected chi connectivity index (χ0v) is 10.9. The van der Waals surface area contributed by atoms with Crippen molar-refractivity contribution in [3.63, 3.8) is 0 Å². The quantitative estimate of drug-likeness (QED) is 0.602. The van der Waals surface area contributed by atoms with E-state index in [-0.39, 0.29) is 5.82 Å². The average molecular weight is 279 g/mol. The molecule has 0 spiro atoms. The lowest BCUT2D eigenvalue weighted by Gasteiger charge is -2.05. The molecule has 0 saturated carbocycles. The maximum absolute atomic E-state index is 13.3. The Bertz CT molecular complexity index is 934.